The van der Waals surface area contributed by atoms with E-state index in [4.69, 9.17) is 15.6 Å². The minimum Gasteiger partial charge on any atom is -0.488 e. The summed E-state index contributed by atoms with van der Waals surface area (Å²) >= 11 is 0. The Morgan fingerprint density at radius 2 is 2.25 bits per heavy atom. The van der Waals surface area contributed by atoms with Crippen LogP contribution in [0.1, 0.15) is 30.6 Å². The monoisotopic (exact) mass is 227 g/mol. The quantitative estimate of drug-likeness (QED) is 0.774. The Morgan fingerprint density at radius 1 is 1.62 bits per heavy atom. The van der Waals surface area contributed by atoms with Gasteiger partial charge in [0.1, 0.15) is 11.6 Å². The summed E-state index contributed by atoms with van der Waals surface area (Å²) in [5.41, 5.74) is 5.25. The van der Waals surface area contributed by atoms with Crippen LogP contribution < -0.4 is 10.5 Å². The number of hydrogen-bond donors (Lipinski definition) is 2. The number of aromatic carboxylic acids is 1. The molecule has 0 radical (unpaired) electrons. The van der Waals surface area contributed by atoms with E-state index in [2.05, 4.69) is 0 Å². The summed E-state index contributed by atoms with van der Waals surface area (Å²) in [6.07, 6.45) is 0.652. The zero-order valence-electron chi connectivity index (χ0n) is 9.16. The van der Waals surface area contributed by atoms with E-state index in [-0.39, 0.29) is 17.5 Å². The van der Waals surface area contributed by atoms with Crippen molar-refractivity contribution in [3.8, 4) is 5.75 Å². The van der Waals surface area contributed by atoms with Crippen LogP contribution in [-0.4, -0.2) is 17.2 Å². The lowest BCUT2D eigenvalue weighted by atomic mass is 10.1. The number of carboxylic acid groups (broad SMARTS) is 1. The van der Waals surface area contributed by atoms with E-state index in [9.17, 15) is 9.18 Å². The maximum Gasteiger partial charge on any atom is 0.338 e. The van der Waals surface area contributed by atoms with Crippen LogP contribution in [0.25, 0.3) is 0 Å². The molecule has 0 bridgehead atoms. The average molecular weight is 227 g/mol. The molecule has 0 heterocycles. The molecule has 0 saturated heterocycles. The first-order valence-corrected chi connectivity index (χ1v) is 4.94. The highest BCUT2D eigenvalue weighted by molar-refractivity contribution is 5.89. The van der Waals surface area contributed by atoms with Crippen molar-refractivity contribution in [3.05, 3.63) is 23.5 Å². The molecule has 1 rings (SSSR count). The topological polar surface area (TPSA) is 72.5 Å². The van der Waals surface area contributed by atoms with Crippen LogP contribution in [0.15, 0.2) is 12.1 Å². The summed E-state index contributed by atoms with van der Waals surface area (Å²) in [7, 11) is 0. The standard InChI is InChI=1S/C11H14FNO3/c1-3-6(2)16-10-5-8(12)7(11(14)15)4-9(10)13/h4-6H,3,13H2,1-2H3,(H,14,15). The first-order valence-electron chi connectivity index (χ1n) is 4.94. The Morgan fingerprint density at radius 3 is 2.75 bits per heavy atom. The second kappa shape index (κ2) is 4.83. The van der Waals surface area contributed by atoms with Gasteiger partial charge in [-0.05, 0) is 19.4 Å². The van der Waals surface area contributed by atoms with Gasteiger partial charge in [0.15, 0.2) is 0 Å². The number of hydrogen-bond acceptors (Lipinski definition) is 3. The van der Waals surface area contributed by atoms with Crippen molar-refractivity contribution in [2.24, 2.45) is 0 Å². The Kier molecular flexibility index (Phi) is 3.71. The first-order chi connectivity index (χ1) is 7.45. The van der Waals surface area contributed by atoms with Crippen molar-refractivity contribution in [1.82, 2.24) is 0 Å². The fourth-order valence-corrected chi connectivity index (χ4v) is 1.14. The molecule has 0 aliphatic heterocycles. The van der Waals surface area contributed by atoms with E-state index in [0.29, 0.717) is 0 Å². The van der Waals surface area contributed by atoms with Gasteiger partial charge in [-0.25, -0.2) is 9.18 Å². The molecule has 5 heteroatoms. The van der Waals surface area contributed by atoms with Gasteiger partial charge in [-0.2, -0.15) is 0 Å². The highest BCUT2D eigenvalue weighted by Crippen LogP contribution is 2.26. The number of nitrogen functional groups attached to an aromatic ring is 1. The summed E-state index contributed by atoms with van der Waals surface area (Å²) in [5, 5.41) is 8.67. The van der Waals surface area contributed by atoms with Gasteiger partial charge in [-0.15, -0.1) is 0 Å². The number of ether oxygens (including phenoxy) is 1. The summed E-state index contributed by atoms with van der Waals surface area (Å²) < 4.78 is 18.7. The molecule has 0 aliphatic carbocycles. The molecule has 0 aromatic heterocycles. The lowest BCUT2D eigenvalue weighted by molar-refractivity contribution is 0.0692. The van der Waals surface area contributed by atoms with Crippen molar-refractivity contribution in [1.29, 1.82) is 0 Å². The molecule has 0 aliphatic rings. The third-order valence-corrected chi connectivity index (χ3v) is 2.23. The lowest BCUT2D eigenvalue weighted by Crippen LogP contribution is -2.12. The molecule has 0 spiro atoms. The Bertz CT molecular complexity index is 406. The normalized spacial score (nSPS) is 12.2. The van der Waals surface area contributed by atoms with Crippen LogP contribution in [-0.2, 0) is 0 Å². The molecule has 0 fully saturated rings. The summed E-state index contributed by atoms with van der Waals surface area (Å²) in [6, 6.07) is 2.07. The maximum absolute atomic E-state index is 13.3. The highest BCUT2D eigenvalue weighted by atomic mass is 19.1. The van der Waals surface area contributed by atoms with Gasteiger partial charge in [0.25, 0.3) is 0 Å². The molecule has 16 heavy (non-hydrogen) atoms. The van der Waals surface area contributed by atoms with Gasteiger partial charge in [-0.3, -0.25) is 0 Å². The van der Waals surface area contributed by atoms with Crippen LogP contribution >= 0.6 is 0 Å². The number of benzene rings is 1. The number of anilines is 1. The van der Waals surface area contributed by atoms with E-state index in [1.54, 1.807) is 0 Å². The second-order valence-electron chi connectivity index (χ2n) is 3.51. The molecule has 88 valence electrons. The van der Waals surface area contributed by atoms with Crippen molar-refractivity contribution in [2.45, 2.75) is 26.4 Å². The lowest BCUT2D eigenvalue weighted by Gasteiger charge is -2.15. The predicted octanol–water partition coefficient (Wildman–Crippen LogP) is 2.28. The fourth-order valence-electron chi connectivity index (χ4n) is 1.14. The van der Waals surface area contributed by atoms with E-state index < -0.39 is 17.3 Å². The smallest absolute Gasteiger partial charge is 0.338 e. The van der Waals surface area contributed by atoms with Gasteiger partial charge in [0.2, 0.25) is 0 Å². The Balaban J connectivity index is 3.05. The van der Waals surface area contributed by atoms with E-state index in [1.807, 2.05) is 13.8 Å². The summed E-state index contributed by atoms with van der Waals surface area (Å²) in [4.78, 5) is 10.6. The van der Waals surface area contributed by atoms with E-state index in [0.717, 1.165) is 18.6 Å². The first kappa shape index (κ1) is 12.3. The number of rotatable bonds is 4. The summed E-state index contributed by atoms with van der Waals surface area (Å²) in [6.45, 7) is 3.74. The molecule has 4 nitrogen and oxygen atoms in total. The number of carbonyl (C=O) groups is 1. The zero-order valence-corrected chi connectivity index (χ0v) is 9.16. The Labute approximate surface area is 92.8 Å². The molecular formula is C11H14FNO3. The number of carboxylic acids is 1. The third kappa shape index (κ3) is 2.62. The summed E-state index contributed by atoms with van der Waals surface area (Å²) in [5.74, 6) is -2.02. The second-order valence-corrected chi connectivity index (χ2v) is 3.51. The third-order valence-electron chi connectivity index (χ3n) is 2.23. The van der Waals surface area contributed by atoms with Crippen molar-refractivity contribution in [3.63, 3.8) is 0 Å². The van der Waals surface area contributed by atoms with Crippen molar-refractivity contribution >= 4 is 11.7 Å². The molecule has 1 atom stereocenters. The van der Waals surface area contributed by atoms with Gasteiger partial charge >= 0.3 is 5.97 Å². The molecular weight excluding hydrogens is 213 g/mol. The molecule has 0 saturated carbocycles. The van der Waals surface area contributed by atoms with Gasteiger partial charge in [0.05, 0.1) is 17.4 Å². The maximum atomic E-state index is 13.3. The zero-order chi connectivity index (χ0) is 12.3. The largest absolute Gasteiger partial charge is 0.488 e. The van der Waals surface area contributed by atoms with E-state index >= 15 is 0 Å². The van der Waals surface area contributed by atoms with Crippen LogP contribution in [0, 0.1) is 5.82 Å². The van der Waals surface area contributed by atoms with E-state index in [1.165, 1.54) is 0 Å². The fraction of sp³-hybridized carbons (Fsp3) is 0.364. The van der Waals surface area contributed by atoms with Crippen LogP contribution in [0.5, 0.6) is 5.75 Å². The molecule has 1 unspecified atom stereocenters. The highest BCUT2D eigenvalue weighted by Gasteiger charge is 2.15. The SMILES string of the molecule is CCC(C)Oc1cc(F)c(C(=O)O)cc1N. The van der Waals surface area contributed by atoms with Crippen LogP contribution in [0.3, 0.4) is 0 Å². The molecule has 0 amide bonds. The van der Waals surface area contributed by atoms with Crippen molar-refractivity contribution in [2.75, 3.05) is 5.73 Å². The average Bonchev–Trinajstić information content (AvgIpc) is 2.22. The van der Waals surface area contributed by atoms with Crippen molar-refractivity contribution < 1.29 is 19.0 Å². The van der Waals surface area contributed by atoms with Gasteiger partial charge < -0.3 is 15.6 Å². The van der Waals surface area contributed by atoms with Gasteiger partial charge in [0, 0.05) is 6.07 Å². The van der Waals surface area contributed by atoms with Crippen LogP contribution in [0.4, 0.5) is 10.1 Å². The molecule has 1 aromatic carbocycles. The molecule has 1 aromatic rings. The number of halogens is 1. The number of nitrogens with two attached hydrogens (primary N) is 1. The minimum atomic E-state index is -1.35. The Hall–Kier alpha value is -1.78. The predicted molar refractivity (Wildman–Crippen MR) is 58.2 cm³/mol. The minimum absolute atomic E-state index is 0.0996. The molecule has 3 N–H and O–H groups in total. The van der Waals surface area contributed by atoms with Crippen LogP contribution in [0.2, 0.25) is 0 Å². The van der Waals surface area contributed by atoms with Gasteiger partial charge in [-0.1, -0.05) is 6.92 Å².